The van der Waals surface area contributed by atoms with Crippen molar-refractivity contribution in [1.29, 1.82) is 0 Å². The fraction of sp³-hybridized carbons (Fsp3) is 0.533. The van der Waals surface area contributed by atoms with E-state index in [1.807, 2.05) is 14.0 Å². The molecule has 0 saturated carbocycles. The van der Waals surface area contributed by atoms with Crippen LogP contribution < -0.4 is 5.32 Å². The lowest BCUT2D eigenvalue weighted by Gasteiger charge is -2.31. The predicted molar refractivity (Wildman–Crippen MR) is 80.4 cm³/mol. The maximum Gasteiger partial charge on any atom is 0.227 e. The zero-order chi connectivity index (χ0) is 13.8. The van der Waals surface area contributed by atoms with E-state index in [4.69, 9.17) is 0 Å². The summed E-state index contributed by atoms with van der Waals surface area (Å²) in [6.07, 6.45) is 2.00. The number of piperidine rings is 1. The molecule has 1 aromatic rings. The van der Waals surface area contributed by atoms with Crippen molar-refractivity contribution in [3.05, 3.63) is 35.6 Å². The largest absolute Gasteiger partial charge is 0.339 e. The molecule has 0 radical (unpaired) electrons. The van der Waals surface area contributed by atoms with Gasteiger partial charge in [0.25, 0.3) is 0 Å². The average molecular weight is 301 g/mol. The van der Waals surface area contributed by atoms with Crippen molar-refractivity contribution < 1.29 is 9.18 Å². The molecule has 1 saturated heterocycles. The van der Waals surface area contributed by atoms with Gasteiger partial charge in [0.15, 0.2) is 0 Å². The van der Waals surface area contributed by atoms with Crippen molar-refractivity contribution >= 4 is 18.3 Å². The van der Waals surface area contributed by atoms with Gasteiger partial charge in [-0.05, 0) is 44.0 Å². The van der Waals surface area contributed by atoms with E-state index in [1.165, 1.54) is 12.1 Å². The fourth-order valence-electron chi connectivity index (χ4n) is 2.51. The van der Waals surface area contributed by atoms with E-state index in [-0.39, 0.29) is 36.1 Å². The Hall–Kier alpha value is -1.13. The first kappa shape index (κ1) is 16.9. The Morgan fingerprint density at radius 2 is 2.05 bits per heavy atom. The number of amides is 1. The van der Waals surface area contributed by atoms with Crippen molar-refractivity contribution in [3.63, 3.8) is 0 Å². The Morgan fingerprint density at radius 1 is 1.40 bits per heavy atom. The number of nitrogens with one attached hydrogen (secondary N) is 1. The summed E-state index contributed by atoms with van der Waals surface area (Å²) in [6, 6.07) is 6.32. The molecule has 1 amide bonds. The second-order valence-corrected chi connectivity index (χ2v) is 5.22. The van der Waals surface area contributed by atoms with Gasteiger partial charge < -0.3 is 10.2 Å². The third-order valence-electron chi connectivity index (χ3n) is 3.93. The summed E-state index contributed by atoms with van der Waals surface area (Å²) < 4.78 is 12.9. The molecule has 5 heteroatoms. The van der Waals surface area contributed by atoms with Gasteiger partial charge in [0.2, 0.25) is 5.91 Å². The monoisotopic (exact) mass is 300 g/mol. The SMILES string of the molecule is CC(c1ccc(F)cc1)N(C)C(=O)[C@@H]1CCCNC1.Cl. The first-order chi connectivity index (χ1) is 9.09. The zero-order valence-corrected chi connectivity index (χ0v) is 12.8. The van der Waals surface area contributed by atoms with Gasteiger partial charge in [0.1, 0.15) is 5.82 Å². The van der Waals surface area contributed by atoms with Crippen molar-refractivity contribution in [3.8, 4) is 0 Å². The predicted octanol–water partition coefficient (Wildman–Crippen LogP) is 2.77. The smallest absolute Gasteiger partial charge is 0.227 e. The lowest BCUT2D eigenvalue weighted by molar-refractivity contribution is -0.136. The van der Waals surface area contributed by atoms with E-state index in [2.05, 4.69) is 5.32 Å². The van der Waals surface area contributed by atoms with E-state index >= 15 is 0 Å². The van der Waals surface area contributed by atoms with Gasteiger partial charge in [-0.15, -0.1) is 12.4 Å². The summed E-state index contributed by atoms with van der Waals surface area (Å²) in [7, 11) is 1.82. The lowest BCUT2D eigenvalue weighted by Crippen LogP contribution is -2.42. The van der Waals surface area contributed by atoms with Gasteiger partial charge in [-0.2, -0.15) is 0 Å². The van der Waals surface area contributed by atoms with Crippen molar-refractivity contribution in [2.75, 3.05) is 20.1 Å². The summed E-state index contributed by atoms with van der Waals surface area (Å²) in [5.41, 5.74) is 0.959. The molecule has 2 atom stereocenters. The van der Waals surface area contributed by atoms with Gasteiger partial charge in [-0.25, -0.2) is 4.39 Å². The van der Waals surface area contributed by atoms with Crippen LogP contribution in [0.4, 0.5) is 4.39 Å². The molecule has 1 heterocycles. The van der Waals surface area contributed by atoms with Crippen LogP contribution in [0, 0.1) is 11.7 Å². The molecule has 1 aromatic carbocycles. The molecular formula is C15H22ClFN2O. The second-order valence-electron chi connectivity index (χ2n) is 5.22. The second kappa shape index (κ2) is 7.60. The third-order valence-corrected chi connectivity index (χ3v) is 3.93. The molecule has 20 heavy (non-hydrogen) atoms. The van der Waals surface area contributed by atoms with Crippen molar-refractivity contribution in [2.24, 2.45) is 5.92 Å². The van der Waals surface area contributed by atoms with Gasteiger partial charge in [0.05, 0.1) is 12.0 Å². The normalized spacial score (nSPS) is 19.9. The van der Waals surface area contributed by atoms with Gasteiger partial charge in [-0.1, -0.05) is 12.1 Å². The Balaban J connectivity index is 0.00000200. The zero-order valence-electron chi connectivity index (χ0n) is 11.9. The van der Waals surface area contributed by atoms with Crippen molar-refractivity contribution in [2.45, 2.75) is 25.8 Å². The molecular weight excluding hydrogens is 279 g/mol. The number of nitrogens with zero attached hydrogens (tertiary/aromatic N) is 1. The molecule has 2 rings (SSSR count). The molecule has 112 valence electrons. The first-order valence-electron chi connectivity index (χ1n) is 6.82. The summed E-state index contributed by atoms with van der Waals surface area (Å²) in [5.74, 6) is -0.00733. The number of carbonyl (C=O) groups is 1. The third kappa shape index (κ3) is 3.93. The van der Waals surface area contributed by atoms with Crippen LogP contribution in [0.2, 0.25) is 0 Å². The Kier molecular flexibility index (Phi) is 6.43. The highest BCUT2D eigenvalue weighted by atomic mass is 35.5. The number of hydrogen-bond donors (Lipinski definition) is 1. The average Bonchev–Trinajstić information content (AvgIpc) is 2.46. The molecule has 1 fully saturated rings. The number of rotatable bonds is 3. The molecule has 0 bridgehead atoms. The molecule has 1 unspecified atom stereocenters. The Morgan fingerprint density at radius 3 is 2.60 bits per heavy atom. The highest BCUT2D eigenvalue weighted by Gasteiger charge is 2.26. The first-order valence-corrected chi connectivity index (χ1v) is 6.82. The summed E-state index contributed by atoms with van der Waals surface area (Å²) in [6.45, 7) is 3.74. The number of hydrogen-bond acceptors (Lipinski definition) is 2. The molecule has 1 aliphatic rings. The van der Waals surface area contributed by atoms with E-state index in [0.717, 1.165) is 31.5 Å². The van der Waals surface area contributed by atoms with Crippen LogP contribution in [0.3, 0.4) is 0 Å². The topological polar surface area (TPSA) is 32.3 Å². The lowest BCUT2D eigenvalue weighted by atomic mass is 9.97. The number of halogens is 2. The van der Waals surface area contributed by atoms with Crippen molar-refractivity contribution in [1.82, 2.24) is 10.2 Å². The molecule has 1 N–H and O–H groups in total. The van der Waals surface area contributed by atoms with E-state index in [0.29, 0.717) is 0 Å². The minimum atomic E-state index is -0.249. The van der Waals surface area contributed by atoms with Crippen LogP contribution in [0.1, 0.15) is 31.4 Å². The Bertz CT molecular complexity index is 432. The number of benzene rings is 1. The molecule has 1 aliphatic heterocycles. The molecule has 3 nitrogen and oxygen atoms in total. The number of carbonyl (C=O) groups excluding carboxylic acids is 1. The van der Waals surface area contributed by atoms with Crippen LogP contribution >= 0.6 is 12.4 Å². The quantitative estimate of drug-likeness (QED) is 0.931. The van der Waals surface area contributed by atoms with E-state index in [9.17, 15) is 9.18 Å². The van der Waals surface area contributed by atoms with Crippen LogP contribution in [0.25, 0.3) is 0 Å². The fourth-order valence-corrected chi connectivity index (χ4v) is 2.51. The van der Waals surface area contributed by atoms with Crippen LogP contribution in [-0.4, -0.2) is 30.9 Å². The molecule has 0 aliphatic carbocycles. The standard InChI is InChI=1S/C15H21FN2O.ClH/c1-11(12-5-7-14(16)8-6-12)18(2)15(19)13-4-3-9-17-10-13;/h5-8,11,13,17H,3-4,9-10H2,1-2H3;1H/t11?,13-;/m1./s1. The van der Waals surface area contributed by atoms with Gasteiger partial charge in [-0.3, -0.25) is 4.79 Å². The van der Waals surface area contributed by atoms with Crippen LogP contribution in [0.15, 0.2) is 24.3 Å². The summed E-state index contributed by atoms with van der Waals surface area (Å²) in [5, 5.41) is 3.26. The minimum Gasteiger partial charge on any atom is -0.339 e. The maximum atomic E-state index is 12.9. The summed E-state index contributed by atoms with van der Waals surface area (Å²) >= 11 is 0. The molecule has 0 aromatic heterocycles. The molecule has 0 spiro atoms. The van der Waals surface area contributed by atoms with Gasteiger partial charge >= 0.3 is 0 Å². The summed E-state index contributed by atoms with van der Waals surface area (Å²) in [4.78, 5) is 14.2. The van der Waals surface area contributed by atoms with E-state index < -0.39 is 0 Å². The van der Waals surface area contributed by atoms with Crippen LogP contribution in [0.5, 0.6) is 0 Å². The highest BCUT2D eigenvalue weighted by Crippen LogP contribution is 2.22. The maximum absolute atomic E-state index is 12.9. The minimum absolute atomic E-state index is 0. The van der Waals surface area contributed by atoms with E-state index in [1.54, 1.807) is 17.0 Å². The van der Waals surface area contributed by atoms with Crippen LogP contribution in [-0.2, 0) is 4.79 Å². The highest BCUT2D eigenvalue weighted by molar-refractivity contribution is 5.85. The van der Waals surface area contributed by atoms with Gasteiger partial charge in [0, 0.05) is 13.6 Å². The Labute approximate surface area is 125 Å².